The van der Waals surface area contributed by atoms with Crippen LogP contribution in [0.15, 0.2) is 48.5 Å². The Morgan fingerprint density at radius 3 is 2.68 bits per heavy atom. The molecule has 3 aromatic rings. The van der Waals surface area contributed by atoms with Gasteiger partial charge in [0.2, 0.25) is 5.91 Å². The number of rotatable bonds is 5. The van der Waals surface area contributed by atoms with Crippen molar-refractivity contribution in [2.75, 3.05) is 11.4 Å². The topological polar surface area (TPSA) is 142 Å². The van der Waals surface area contributed by atoms with Gasteiger partial charge in [0, 0.05) is 12.2 Å². The van der Waals surface area contributed by atoms with E-state index in [4.69, 9.17) is 5.26 Å². The Balaban J connectivity index is 1.44. The summed E-state index contributed by atoms with van der Waals surface area (Å²) < 4.78 is 0. The first-order chi connectivity index (χ1) is 15.0. The van der Waals surface area contributed by atoms with Crippen LogP contribution in [0.1, 0.15) is 30.3 Å². The van der Waals surface area contributed by atoms with Crippen LogP contribution in [0.2, 0.25) is 0 Å². The van der Waals surface area contributed by atoms with Crippen LogP contribution in [0, 0.1) is 11.3 Å². The van der Waals surface area contributed by atoms with Crippen molar-refractivity contribution in [3.8, 4) is 6.07 Å². The van der Waals surface area contributed by atoms with Crippen LogP contribution in [-0.4, -0.2) is 50.7 Å². The van der Waals surface area contributed by atoms with E-state index in [1.54, 1.807) is 48.5 Å². The molecule has 1 aliphatic rings. The van der Waals surface area contributed by atoms with E-state index < -0.39 is 24.2 Å². The third-order valence-corrected chi connectivity index (χ3v) is 5.32. The third kappa shape index (κ3) is 4.12. The monoisotopic (exact) mass is 419 g/mol. The van der Waals surface area contributed by atoms with Gasteiger partial charge in [0.25, 0.3) is 5.91 Å². The van der Waals surface area contributed by atoms with Crippen LogP contribution < -0.4 is 10.2 Å². The average Bonchev–Trinajstić information content (AvgIpc) is 3.24. The van der Waals surface area contributed by atoms with Crippen LogP contribution in [0.5, 0.6) is 0 Å². The van der Waals surface area contributed by atoms with E-state index >= 15 is 0 Å². The lowest BCUT2D eigenvalue weighted by Crippen LogP contribution is -2.54. The van der Waals surface area contributed by atoms with E-state index in [9.17, 15) is 19.8 Å². The van der Waals surface area contributed by atoms with Crippen LogP contribution in [0.3, 0.4) is 0 Å². The lowest BCUT2D eigenvalue weighted by atomic mass is 10.0. The van der Waals surface area contributed by atoms with Gasteiger partial charge in [-0.2, -0.15) is 5.26 Å². The smallest absolute Gasteiger partial charge is 0.252 e. The Bertz CT molecular complexity index is 1120. The number of H-pyrrole nitrogens is 1. The summed E-state index contributed by atoms with van der Waals surface area (Å²) in [6, 6.07) is 14.9. The minimum Gasteiger partial charge on any atom is -0.382 e. The molecule has 3 atom stereocenters. The second kappa shape index (κ2) is 8.55. The number of nitrogens with zero attached hydrogens (tertiary/aromatic N) is 3. The molecule has 2 amide bonds. The Labute approximate surface area is 177 Å². The van der Waals surface area contributed by atoms with Gasteiger partial charge in [-0.25, -0.2) is 4.98 Å². The van der Waals surface area contributed by atoms with E-state index in [0.717, 1.165) is 0 Å². The number of carbonyl (C=O) groups is 2. The molecule has 2 heterocycles. The Morgan fingerprint density at radius 1 is 1.23 bits per heavy atom. The van der Waals surface area contributed by atoms with Gasteiger partial charge >= 0.3 is 0 Å². The maximum Gasteiger partial charge on any atom is 0.252 e. The number of aromatic amines is 1. The summed E-state index contributed by atoms with van der Waals surface area (Å²) in [7, 11) is 0. The highest BCUT2D eigenvalue weighted by molar-refractivity contribution is 6.00. The number of fused-ring (bicyclic) bond motifs is 1. The summed E-state index contributed by atoms with van der Waals surface area (Å²) in [5.41, 5.74) is 2.39. The highest BCUT2D eigenvalue weighted by Crippen LogP contribution is 2.23. The number of aromatic nitrogens is 2. The van der Waals surface area contributed by atoms with Gasteiger partial charge in [-0.15, -0.1) is 0 Å². The molecule has 158 valence electrons. The van der Waals surface area contributed by atoms with Crippen molar-refractivity contribution in [1.82, 2.24) is 15.3 Å². The number of piperidine rings is 1. The number of aliphatic hydroxyl groups excluding tert-OH is 2. The fourth-order valence-electron chi connectivity index (χ4n) is 3.64. The van der Waals surface area contributed by atoms with E-state index in [2.05, 4.69) is 15.3 Å². The van der Waals surface area contributed by atoms with E-state index in [-0.39, 0.29) is 11.7 Å². The first-order valence-electron chi connectivity index (χ1n) is 9.90. The molecule has 1 saturated heterocycles. The molecule has 4 N–H and O–H groups in total. The second-order valence-corrected chi connectivity index (χ2v) is 7.38. The maximum absolute atomic E-state index is 12.9. The van der Waals surface area contributed by atoms with Gasteiger partial charge < -0.3 is 25.4 Å². The number of nitriles is 1. The molecule has 31 heavy (non-hydrogen) atoms. The lowest BCUT2D eigenvalue weighted by molar-refractivity contribution is -0.139. The Hall–Kier alpha value is -3.74. The van der Waals surface area contributed by atoms with Crippen molar-refractivity contribution >= 4 is 28.5 Å². The van der Waals surface area contributed by atoms with Gasteiger partial charge in [0.15, 0.2) is 6.10 Å². The molecule has 9 nitrogen and oxygen atoms in total. The summed E-state index contributed by atoms with van der Waals surface area (Å²) in [6.07, 6.45) is -2.29. The van der Waals surface area contributed by atoms with Gasteiger partial charge in [0.1, 0.15) is 18.0 Å². The molecule has 0 aliphatic carbocycles. The number of carbonyl (C=O) groups excluding carboxylic acids is 2. The Morgan fingerprint density at radius 2 is 1.97 bits per heavy atom. The fraction of sp³-hybridized carbons (Fsp3) is 0.273. The number of anilines is 1. The average molecular weight is 419 g/mol. The van der Waals surface area contributed by atoms with Crippen molar-refractivity contribution in [1.29, 1.82) is 5.26 Å². The zero-order chi connectivity index (χ0) is 22.0. The van der Waals surface area contributed by atoms with Crippen LogP contribution >= 0.6 is 0 Å². The first-order valence-corrected chi connectivity index (χ1v) is 9.90. The molecule has 2 aromatic carbocycles. The van der Waals surface area contributed by atoms with Crippen molar-refractivity contribution in [3.05, 3.63) is 59.9 Å². The zero-order valence-electron chi connectivity index (χ0n) is 16.5. The molecule has 0 spiro atoms. The molecule has 4 rings (SSSR count). The number of benzene rings is 2. The van der Waals surface area contributed by atoms with Crippen molar-refractivity contribution in [3.63, 3.8) is 0 Å². The molecule has 0 bridgehead atoms. The predicted molar refractivity (Wildman–Crippen MR) is 112 cm³/mol. The van der Waals surface area contributed by atoms with Crippen molar-refractivity contribution in [2.45, 2.75) is 31.1 Å². The quantitative estimate of drug-likeness (QED) is 0.488. The molecule has 0 saturated carbocycles. The number of amides is 2. The molecule has 3 unspecified atom stereocenters. The summed E-state index contributed by atoms with van der Waals surface area (Å²) in [5.74, 6) is -1.10. The SMILES string of the molecule is N#Cc1ccc(N2CCCC(NC(=O)C(O)C(O)c3nc4ccccc4[nH]3)C2=O)cc1. The third-order valence-electron chi connectivity index (χ3n) is 5.32. The normalized spacial score (nSPS) is 18.4. The molecule has 1 fully saturated rings. The van der Waals surface area contributed by atoms with E-state index in [1.807, 2.05) is 6.07 Å². The molecule has 1 aliphatic heterocycles. The zero-order valence-corrected chi connectivity index (χ0v) is 16.5. The van der Waals surface area contributed by atoms with Gasteiger partial charge in [0.05, 0.1) is 22.7 Å². The fourth-order valence-corrected chi connectivity index (χ4v) is 3.64. The number of para-hydroxylation sites is 2. The highest BCUT2D eigenvalue weighted by Gasteiger charge is 2.35. The number of imidazole rings is 1. The van der Waals surface area contributed by atoms with Crippen LogP contribution in [0.25, 0.3) is 11.0 Å². The number of nitrogens with one attached hydrogen (secondary N) is 2. The van der Waals surface area contributed by atoms with Gasteiger partial charge in [-0.1, -0.05) is 12.1 Å². The minimum absolute atomic E-state index is 0.0676. The summed E-state index contributed by atoms with van der Waals surface area (Å²) in [5, 5.41) is 32.2. The number of hydrogen-bond acceptors (Lipinski definition) is 6. The van der Waals surface area contributed by atoms with Crippen LogP contribution in [0.4, 0.5) is 5.69 Å². The van der Waals surface area contributed by atoms with Crippen molar-refractivity contribution in [2.24, 2.45) is 0 Å². The lowest BCUT2D eigenvalue weighted by Gasteiger charge is -2.33. The molecule has 9 heteroatoms. The largest absolute Gasteiger partial charge is 0.382 e. The first kappa shape index (κ1) is 20.5. The number of aliphatic hydroxyl groups is 2. The minimum atomic E-state index is -1.79. The summed E-state index contributed by atoms with van der Waals surface area (Å²) >= 11 is 0. The van der Waals surface area contributed by atoms with Gasteiger partial charge in [-0.05, 0) is 49.2 Å². The van der Waals surface area contributed by atoms with E-state index in [0.29, 0.717) is 41.7 Å². The number of hydrogen-bond donors (Lipinski definition) is 4. The molecule has 1 aromatic heterocycles. The van der Waals surface area contributed by atoms with Crippen LogP contribution in [-0.2, 0) is 9.59 Å². The summed E-state index contributed by atoms with van der Waals surface area (Å²) in [4.78, 5) is 34.0. The Kier molecular flexibility index (Phi) is 5.66. The second-order valence-electron chi connectivity index (χ2n) is 7.38. The maximum atomic E-state index is 12.9. The highest BCUT2D eigenvalue weighted by atomic mass is 16.3. The molecular formula is C22H21N5O4. The van der Waals surface area contributed by atoms with E-state index in [1.165, 1.54) is 4.90 Å². The summed E-state index contributed by atoms with van der Waals surface area (Å²) in [6.45, 7) is 0.487. The molecule has 0 radical (unpaired) electrons. The molecular weight excluding hydrogens is 398 g/mol. The van der Waals surface area contributed by atoms with Gasteiger partial charge in [-0.3, -0.25) is 9.59 Å². The standard InChI is InChI=1S/C22H21N5O4/c23-12-13-7-9-14(10-8-13)27-11-3-6-17(22(27)31)26-21(30)19(29)18(28)20-24-15-4-1-2-5-16(15)25-20/h1-2,4-5,7-10,17-19,28-29H,3,6,11H2,(H,24,25)(H,26,30). The van der Waals surface area contributed by atoms with Crippen molar-refractivity contribution < 1.29 is 19.8 Å². The predicted octanol–water partition coefficient (Wildman–Crippen LogP) is 1.14.